The van der Waals surface area contributed by atoms with Crippen LogP contribution in [0.5, 0.6) is 5.88 Å². The Kier molecular flexibility index (Phi) is 4.92. The van der Waals surface area contributed by atoms with Crippen LogP contribution in [0.25, 0.3) is 10.8 Å². The summed E-state index contributed by atoms with van der Waals surface area (Å²) in [5, 5.41) is 5.40. The Hall–Kier alpha value is -3.08. The number of hydrogen-bond acceptors (Lipinski definition) is 3. The van der Waals surface area contributed by atoms with Gasteiger partial charge < -0.3 is 15.0 Å². The summed E-state index contributed by atoms with van der Waals surface area (Å²) in [5.74, 6) is 0.623. The Labute approximate surface area is 159 Å². The lowest BCUT2D eigenvalue weighted by Gasteiger charge is -2.18. The van der Waals surface area contributed by atoms with E-state index in [1.54, 1.807) is 0 Å². The molecule has 1 fully saturated rings. The number of nitrogens with zero attached hydrogens (tertiary/aromatic N) is 2. The minimum absolute atomic E-state index is 0.0115. The molecule has 1 aliphatic heterocycles. The average Bonchev–Trinajstić information content (AvgIpc) is 3.14. The molecule has 27 heavy (non-hydrogen) atoms. The van der Waals surface area contributed by atoms with Crippen LogP contribution in [0.4, 0.5) is 4.79 Å². The standard InChI is InChI=1S/C22H23N3O2/c1-16-6-4-11-21(24-16)27-19-12-13-25(15-19)22(26)23-14-18-9-5-8-17-7-2-3-10-20(17)18/h2-11,19H,12-15H2,1H3,(H,23,26)/t19-/m1/s1. The van der Waals surface area contributed by atoms with Crippen molar-refractivity contribution in [1.29, 1.82) is 0 Å². The molecule has 0 radical (unpaired) electrons. The van der Waals surface area contributed by atoms with E-state index in [1.165, 1.54) is 10.8 Å². The van der Waals surface area contributed by atoms with Crippen molar-refractivity contribution in [3.63, 3.8) is 0 Å². The van der Waals surface area contributed by atoms with E-state index in [1.807, 2.05) is 48.2 Å². The molecule has 1 atom stereocenters. The van der Waals surface area contributed by atoms with E-state index in [2.05, 4.69) is 34.6 Å². The second kappa shape index (κ2) is 7.66. The Morgan fingerprint density at radius 2 is 1.96 bits per heavy atom. The summed E-state index contributed by atoms with van der Waals surface area (Å²) >= 11 is 0. The summed E-state index contributed by atoms with van der Waals surface area (Å²) in [7, 11) is 0. The number of hydrogen-bond donors (Lipinski definition) is 1. The molecule has 5 heteroatoms. The molecule has 5 nitrogen and oxygen atoms in total. The van der Waals surface area contributed by atoms with E-state index >= 15 is 0 Å². The zero-order valence-corrected chi connectivity index (χ0v) is 15.4. The quantitative estimate of drug-likeness (QED) is 0.767. The molecule has 0 saturated carbocycles. The van der Waals surface area contributed by atoms with Gasteiger partial charge in [0.1, 0.15) is 6.10 Å². The number of ether oxygens (including phenoxy) is 1. The number of benzene rings is 2. The molecule has 2 amide bonds. The number of aromatic nitrogens is 1. The number of aryl methyl sites for hydroxylation is 1. The minimum Gasteiger partial charge on any atom is -0.472 e. The number of carbonyl (C=O) groups is 1. The lowest BCUT2D eigenvalue weighted by molar-refractivity contribution is 0.183. The molecule has 138 valence electrons. The molecule has 0 unspecified atom stereocenters. The summed E-state index contributed by atoms with van der Waals surface area (Å²) < 4.78 is 5.92. The van der Waals surface area contributed by atoms with Crippen molar-refractivity contribution in [2.45, 2.75) is 26.0 Å². The normalized spacial score (nSPS) is 16.5. The van der Waals surface area contributed by atoms with Gasteiger partial charge in [-0.2, -0.15) is 0 Å². The minimum atomic E-state index is -0.0498. The highest BCUT2D eigenvalue weighted by molar-refractivity contribution is 5.86. The van der Waals surface area contributed by atoms with Crippen LogP contribution in [-0.4, -0.2) is 35.1 Å². The van der Waals surface area contributed by atoms with Gasteiger partial charge >= 0.3 is 6.03 Å². The fraction of sp³-hybridized carbons (Fsp3) is 0.273. The van der Waals surface area contributed by atoms with Crippen LogP contribution in [0.2, 0.25) is 0 Å². The third kappa shape index (κ3) is 4.03. The number of carbonyl (C=O) groups excluding carboxylic acids is 1. The van der Waals surface area contributed by atoms with Crippen LogP contribution in [-0.2, 0) is 6.54 Å². The van der Waals surface area contributed by atoms with Gasteiger partial charge in [-0.3, -0.25) is 0 Å². The van der Waals surface area contributed by atoms with Crippen LogP contribution in [0.3, 0.4) is 0 Å². The topological polar surface area (TPSA) is 54.5 Å². The first kappa shape index (κ1) is 17.3. The first-order valence-corrected chi connectivity index (χ1v) is 9.29. The monoisotopic (exact) mass is 361 g/mol. The molecule has 4 rings (SSSR count). The first-order chi connectivity index (χ1) is 13.2. The van der Waals surface area contributed by atoms with Crippen LogP contribution < -0.4 is 10.1 Å². The van der Waals surface area contributed by atoms with E-state index in [0.29, 0.717) is 25.5 Å². The number of nitrogens with one attached hydrogen (secondary N) is 1. The zero-order chi connectivity index (χ0) is 18.6. The Balaban J connectivity index is 1.34. The maximum atomic E-state index is 12.6. The van der Waals surface area contributed by atoms with E-state index in [-0.39, 0.29) is 12.1 Å². The summed E-state index contributed by atoms with van der Waals surface area (Å²) in [6.07, 6.45) is 0.805. The second-order valence-corrected chi connectivity index (χ2v) is 6.89. The highest BCUT2D eigenvalue weighted by Gasteiger charge is 2.27. The lowest BCUT2D eigenvalue weighted by Crippen LogP contribution is -2.39. The van der Waals surface area contributed by atoms with Gasteiger partial charge in [0.15, 0.2) is 0 Å². The summed E-state index contributed by atoms with van der Waals surface area (Å²) in [5.41, 5.74) is 2.05. The van der Waals surface area contributed by atoms with Gasteiger partial charge in [-0.15, -0.1) is 0 Å². The molecule has 0 aliphatic carbocycles. The molecular formula is C22H23N3O2. The molecule has 1 N–H and O–H groups in total. The zero-order valence-electron chi connectivity index (χ0n) is 15.4. The Bertz CT molecular complexity index is 952. The molecule has 0 spiro atoms. The maximum absolute atomic E-state index is 12.6. The second-order valence-electron chi connectivity index (χ2n) is 6.89. The number of urea groups is 1. The summed E-state index contributed by atoms with van der Waals surface area (Å²) in [6.45, 7) is 3.73. The van der Waals surface area contributed by atoms with Crippen LogP contribution in [0.1, 0.15) is 17.7 Å². The summed E-state index contributed by atoms with van der Waals surface area (Å²) in [6, 6.07) is 20.1. The number of amides is 2. The van der Waals surface area contributed by atoms with Gasteiger partial charge in [-0.25, -0.2) is 9.78 Å². The number of likely N-dealkylation sites (tertiary alicyclic amines) is 1. The van der Waals surface area contributed by atoms with Gasteiger partial charge in [-0.1, -0.05) is 48.5 Å². The molecular weight excluding hydrogens is 338 g/mol. The van der Waals surface area contributed by atoms with Crippen molar-refractivity contribution in [2.24, 2.45) is 0 Å². The molecule has 2 aromatic carbocycles. The molecule has 1 aromatic heterocycles. The Morgan fingerprint density at radius 3 is 2.85 bits per heavy atom. The van der Waals surface area contributed by atoms with Crippen molar-refractivity contribution in [3.8, 4) is 5.88 Å². The SMILES string of the molecule is Cc1cccc(O[C@@H]2CCN(C(=O)NCc3cccc4ccccc34)C2)n1. The average molecular weight is 361 g/mol. The van der Waals surface area contributed by atoms with Gasteiger partial charge in [0.2, 0.25) is 5.88 Å². The van der Waals surface area contributed by atoms with Crippen molar-refractivity contribution >= 4 is 16.8 Å². The van der Waals surface area contributed by atoms with Crippen LogP contribution in [0.15, 0.2) is 60.7 Å². The predicted molar refractivity (Wildman–Crippen MR) is 106 cm³/mol. The van der Waals surface area contributed by atoms with E-state index in [4.69, 9.17) is 4.74 Å². The highest BCUT2D eigenvalue weighted by Crippen LogP contribution is 2.19. The largest absolute Gasteiger partial charge is 0.472 e. The smallest absolute Gasteiger partial charge is 0.317 e. The number of rotatable bonds is 4. The van der Waals surface area contributed by atoms with Crippen molar-refractivity contribution < 1.29 is 9.53 Å². The number of fused-ring (bicyclic) bond motifs is 1. The fourth-order valence-corrected chi connectivity index (χ4v) is 3.49. The molecule has 1 aliphatic rings. The van der Waals surface area contributed by atoms with Crippen LogP contribution in [0, 0.1) is 6.92 Å². The highest BCUT2D eigenvalue weighted by atomic mass is 16.5. The van der Waals surface area contributed by atoms with Crippen molar-refractivity contribution in [1.82, 2.24) is 15.2 Å². The summed E-state index contributed by atoms with van der Waals surface area (Å²) in [4.78, 5) is 18.7. The lowest BCUT2D eigenvalue weighted by atomic mass is 10.0. The van der Waals surface area contributed by atoms with Crippen LogP contribution >= 0.6 is 0 Å². The molecule has 3 aromatic rings. The Morgan fingerprint density at radius 1 is 1.15 bits per heavy atom. The third-order valence-electron chi connectivity index (χ3n) is 4.89. The maximum Gasteiger partial charge on any atom is 0.317 e. The molecule has 2 heterocycles. The van der Waals surface area contributed by atoms with E-state index in [0.717, 1.165) is 17.7 Å². The van der Waals surface area contributed by atoms with Gasteiger partial charge in [0.25, 0.3) is 0 Å². The molecule has 0 bridgehead atoms. The third-order valence-corrected chi connectivity index (χ3v) is 4.89. The van der Waals surface area contributed by atoms with Crippen molar-refractivity contribution in [2.75, 3.05) is 13.1 Å². The van der Waals surface area contributed by atoms with Gasteiger partial charge in [-0.05, 0) is 29.3 Å². The predicted octanol–water partition coefficient (Wildman–Crippen LogP) is 3.91. The molecule has 1 saturated heterocycles. The fourth-order valence-electron chi connectivity index (χ4n) is 3.49. The number of pyridine rings is 1. The van der Waals surface area contributed by atoms with Gasteiger partial charge in [0.05, 0.1) is 6.54 Å². The van der Waals surface area contributed by atoms with E-state index < -0.39 is 0 Å². The first-order valence-electron chi connectivity index (χ1n) is 9.29. The van der Waals surface area contributed by atoms with E-state index in [9.17, 15) is 4.79 Å². The van der Waals surface area contributed by atoms with Crippen molar-refractivity contribution in [3.05, 3.63) is 71.9 Å². The van der Waals surface area contributed by atoms with Gasteiger partial charge in [0, 0.05) is 31.3 Å².